The smallest absolute Gasteiger partial charge is 0.0574 e. The molecule has 0 spiro atoms. The molecule has 0 aromatic rings. The molecular weight excluding hydrogens is 352 g/mol. The van der Waals surface area contributed by atoms with Crippen molar-refractivity contribution in [3.05, 3.63) is 0 Å². The first-order chi connectivity index (χ1) is 13.8. The van der Waals surface area contributed by atoms with Gasteiger partial charge in [-0.3, -0.25) is 0 Å². The summed E-state index contributed by atoms with van der Waals surface area (Å²) >= 11 is 0. The minimum absolute atomic E-state index is 0.543. The molecule has 1 unspecified atom stereocenters. The Kier molecular flexibility index (Phi) is 6.48. The van der Waals surface area contributed by atoms with Crippen LogP contribution in [-0.4, -0.2) is 13.2 Å². The number of ether oxygens (including phenoxy) is 1. The van der Waals surface area contributed by atoms with Crippen molar-refractivity contribution in [1.82, 2.24) is 0 Å². The van der Waals surface area contributed by atoms with Gasteiger partial charge in [-0.25, -0.2) is 0 Å². The van der Waals surface area contributed by atoms with Gasteiger partial charge in [0.15, 0.2) is 0 Å². The van der Waals surface area contributed by atoms with Crippen LogP contribution in [0.15, 0.2) is 0 Å². The first kappa shape index (κ1) is 22.2. The van der Waals surface area contributed by atoms with Gasteiger partial charge in [-0.15, -0.1) is 0 Å². The second-order valence-electron chi connectivity index (χ2n) is 12.8. The third kappa shape index (κ3) is 3.85. The predicted molar refractivity (Wildman–Crippen MR) is 124 cm³/mol. The molecule has 4 rings (SSSR count). The molecule has 4 fully saturated rings. The summed E-state index contributed by atoms with van der Waals surface area (Å²) in [6.07, 6.45) is 18.1. The quantitative estimate of drug-likeness (QED) is 0.436. The molecule has 0 heterocycles. The van der Waals surface area contributed by atoms with Crippen LogP contribution in [0.3, 0.4) is 0 Å². The zero-order valence-corrected chi connectivity index (χ0v) is 20.5. The molecule has 0 radical (unpaired) electrons. The second-order valence-corrected chi connectivity index (χ2v) is 12.8. The summed E-state index contributed by atoms with van der Waals surface area (Å²) in [6, 6.07) is 0. The van der Waals surface area contributed by atoms with Gasteiger partial charge in [0, 0.05) is 7.11 Å². The zero-order valence-electron chi connectivity index (χ0n) is 20.5. The van der Waals surface area contributed by atoms with Crippen molar-refractivity contribution in [2.75, 3.05) is 7.11 Å². The lowest BCUT2D eigenvalue weighted by atomic mass is 9.44. The molecule has 0 bridgehead atoms. The summed E-state index contributed by atoms with van der Waals surface area (Å²) in [5, 5.41) is 0. The van der Waals surface area contributed by atoms with Crippen LogP contribution in [0.4, 0.5) is 0 Å². The van der Waals surface area contributed by atoms with Gasteiger partial charge in [0.05, 0.1) is 6.10 Å². The van der Waals surface area contributed by atoms with E-state index < -0.39 is 0 Å². The summed E-state index contributed by atoms with van der Waals surface area (Å²) in [7, 11) is 1.94. The lowest BCUT2D eigenvalue weighted by Crippen LogP contribution is -2.54. The molecule has 0 N–H and O–H groups in total. The van der Waals surface area contributed by atoms with Crippen LogP contribution < -0.4 is 0 Å². The van der Waals surface area contributed by atoms with Gasteiger partial charge in [0.1, 0.15) is 0 Å². The lowest BCUT2D eigenvalue weighted by molar-refractivity contribution is -0.133. The van der Waals surface area contributed by atoms with Gasteiger partial charge >= 0.3 is 0 Å². The van der Waals surface area contributed by atoms with Crippen molar-refractivity contribution in [3.8, 4) is 0 Å². The van der Waals surface area contributed by atoms with Crippen molar-refractivity contribution in [3.63, 3.8) is 0 Å². The van der Waals surface area contributed by atoms with E-state index in [0.29, 0.717) is 16.9 Å². The van der Waals surface area contributed by atoms with Crippen LogP contribution in [0.5, 0.6) is 0 Å². The molecule has 4 saturated carbocycles. The fraction of sp³-hybridized carbons (Fsp3) is 1.00. The van der Waals surface area contributed by atoms with Crippen molar-refractivity contribution in [1.29, 1.82) is 0 Å². The standard InChI is InChI=1S/C28H50O/c1-19(2)8-7-9-20(3)24-12-13-25-23-11-10-21-18-22(29-6)14-16-27(21,4)26(23)15-17-28(24,25)5/h19-26H,7-18H2,1-6H3/t20-,21?,22-,23+,24-,25+,26+,27+,28-/m1/s1. The van der Waals surface area contributed by atoms with E-state index in [2.05, 4.69) is 34.6 Å². The molecule has 1 nitrogen and oxygen atoms in total. The monoisotopic (exact) mass is 402 g/mol. The average molecular weight is 403 g/mol. The Hall–Kier alpha value is -0.0400. The van der Waals surface area contributed by atoms with Crippen LogP contribution in [0.2, 0.25) is 0 Å². The van der Waals surface area contributed by atoms with E-state index in [4.69, 9.17) is 4.74 Å². The summed E-state index contributed by atoms with van der Waals surface area (Å²) in [5.41, 5.74) is 1.26. The van der Waals surface area contributed by atoms with E-state index >= 15 is 0 Å². The third-order valence-corrected chi connectivity index (χ3v) is 11.2. The Bertz CT molecular complexity index is 555. The number of methoxy groups -OCH3 is 1. The SMILES string of the molecule is CO[C@@H]1CC[C@@]2(C)C(CC[C@H]3[C@@H]4CC[C@H]([C@H](C)CCCC(C)C)[C@@]4(C)CC[C@@H]32)C1. The van der Waals surface area contributed by atoms with Crippen molar-refractivity contribution < 1.29 is 4.74 Å². The van der Waals surface area contributed by atoms with Gasteiger partial charge in [0.2, 0.25) is 0 Å². The largest absolute Gasteiger partial charge is 0.381 e. The van der Waals surface area contributed by atoms with Gasteiger partial charge in [-0.05, 0) is 110 Å². The topological polar surface area (TPSA) is 9.23 Å². The van der Waals surface area contributed by atoms with Gasteiger partial charge in [-0.1, -0.05) is 53.9 Å². The molecule has 29 heavy (non-hydrogen) atoms. The van der Waals surface area contributed by atoms with E-state index in [1.165, 1.54) is 77.0 Å². The molecule has 9 atom stereocenters. The molecule has 0 aliphatic heterocycles. The molecule has 1 heteroatoms. The maximum atomic E-state index is 5.79. The Morgan fingerprint density at radius 3 is 2.28 bits per heavy atom. The zero-order chi connectivity index (χ0) is 20.8. The summed E-state index contributed by atoms with van der Waals surface area (Å²) in [4.78, 5) is 0. The Morgan fingerprint density at radius 2 is 1.55 bits per heavy atom. The molecule has 168 valence electrons. The first-order valence-electron chi connectivity index (χ1n) is 13.3. The van der Waals surface area contributed by atoms with Gasteiger partial charge in [0.25, 0.3) is 0 Å². The second kappa shape index (κ2) is 8.48. The molecule has 0 saturated heterocycles. The highest BCUT2D eigenvalue weighted by molar-refractivity contribution is 5.09. The Balaban J connectivity index is 1.45. The fourth-order valence-electron chi connectivity index (χ4n) is 9.46. The van der Waals surface area contributed by atoms with Crippen molar-refractivity contribution in [2.45, 2.75) is 118 Å². The average Bonchev–Trinajstić information content (AvgIpc) is 3.04. The minimum atomic E-state index is 0.543. The van der Waals surface area contributed by atoms with Crippen LogP contribution >= 0.6 is 0 Å². The minimum Gasteiger partial charge on any atom is -0.381 e. The number of rotatable bonds is 6. The predicted octanol–water partition coefficient (Wildman–Crippen LogP) is 8.12. The summed E-state index contributed by atoms with van der Waals surface area (Å²) < 4.78 is 5.79. The highest BCUT2D eigenvalue weighted by Crippen LogP contribution is 2.68. The number of fused-ring (bicyclic) bond motifs is 5. The fourth-order valence-corrected chi connectivity index (χ4v) is 9.46. The Morgan fingerprint density at radius 1 is 0.828 bits per heavy atom. The van der Waals surface area contributed by atoms with E-state index in [1.54, 1.807) is 0 Å². The normalized spacial score (nSPS) is 48.1. The van der Waals surface area contributed by atoms with Crippen LogP contribution in [-0.2, 0) is 4.74 Å². The van der Waals surface area contributed by atoms with Crippen LogP contribution in [0.25, 0.3) is 0 Å². The van der Waals surface area contributed by atoms with Gasteiger partial charge < -0.3 is 4.74 Å². The maximum absolute atomic E-state index is 5.79. The molecular formula is C28H50O. The van der Waals surface area contributed by atoms with E-state index in [9.17, 15) is 0 Å². The first-order valence-corrected chi connectivity index (χ1v) is 13.3. The summed E-state index contributed by atoms with van der Waals surface area (Å²) in [6.45, 7) is 12.8. The molecule has 0 amide bonds. The lowest BCUT2D eigenvalue weighted by Gasteiger charge is -2.61. The van der Waals surface area contributed by atoms with Crippen LogP contribution in [0.1, 0.15) is 112 Å². The van der Waals surface area contributed by atoms with Crippen molar-refractivity contribution in [2.24, 2.45) is 52.3 Å². The van der Waals surface area contributed by atoms with Gasteiger partial charge in [-0.2, -0.15) is 0 Å². The number of hydrogen-bond acceptors (Lipinski definition) is 1. The van der Waals surface area contributed by atoms with Crippen molar-refractivity contribution >= 4 is 0 Å². The maximum Gasteiger partial charge on any atom is 0.0574 e. The highest BCUT2D eigenvalue weighted by atomic mass is 16.5. The van der Waals surface area contributed by atoms with Crippen LogP contribution in [0, 0.1) is 52.3 Å². The highest BCUT2D eigenvalue weighted by Gasteiger charge is 2.60. The van der Waals surface area contributed by atoms with E-state index in [0.717, 1.165) is 41.4 Å². The molecule has 4 aliphatic rings. The molecule has 0 aromatic heterocycles. The molecule has 0 aromatic carbocycles. The molecule has 4 aliphatic carbocycles. The van der Waals surface area contributed by atoms with E-state index in [1.807, 2.05) is 7.11 Å². The van der Waals surface area contributed by atoms with E-state index in [-0.39, 0.29) is 0 Å². The number of hydrogen-bond donors (Lipinski definition) is 0. The Labute approximate surface area is 182 Å². The summed E-state index contributed by atoms with van der Waals surface area (Å²) in [5.74, 6) is 6.79. The third-order valence-electron chi connectivity index (χ3n) is 11.2.